The third kappa shape index (κ3) is 8.82. The molecule has 0 fully saturated rings. The van der Waals surface area contributed by atoms with E-state index < -0.39 is 0 Å². The summed E-state index contributed by atoms with van der Waals surface area (Å²) >= 11 is 0.750. The standard InChI is InChI=1S/Ba.Cr.O.Ti.2H/q+2;;;;2*-1. The van der Waals surface area contributed by atoms with Crippen molar-refractivity contribution in [3.63, 3.8) is 0 Å². The van der Waals surface area contributed by atoms with Crippen LogP contribution in [-0.4, -0.2) is 48.9 Å². The predicted molar refractivity (Wildman–Crippen MR) is 8.66 cm³/mol. The summed E-state index contributed by atoms with van der Waals surface area (Å²) in [7, 11) is 0. The first-order chi connectivity index (χ1) is 1.00. The van der Waals surface area contributed by atoms with E-state index in [2.05, 4.69) is 0 Å². The van der Waals surface area contributed by atoms with Crippen LogP contribution < -0.4 is 0 Å². The SMILES string of the molecule is [Ba+2].[Cr].[H-].[H-].[O]=[Ti]. The average Bonchev–Trinajstić information content (AvgIpc) is 1.00. The van der Waals surface area contributed by atoms with Crippen LogP contribution in [0.4, 0.5) is 0 Å². The van der Waals surface area contributed by atoms with Gasteiger partial charge in [0.2, 0.25) is 0 Å². The second-order valence-electron chi connectivity index (χ2n) is 0. The number of rotatable bonds is 0. The first-order valence-corrected chi connectivity index (χ1v) is 0.842. The van der Waals surface area contributed by atoms with Crippen molar-refractivity contribution in [1.29, 1.82) is 0 Å². The maximum absolute atomic E-state index is 8.25. The molecule has 0 rings (SSSR count). The van der Waals surface area contributed by atoms with Gasteiger partial charge in [-0.2, -0.15) is 0 Å². The van der Waals surface area contributed by atoms with Gasteiger partial charge in [-0.15, -0.1) is 0 Å². The second kappa shape index (κ2) is 17.5. The third-order valence-corrected chi connectivity index (χ3v) is 0. The zero-order chi connectivity index (χ0) is 2.00. The molecular weight excluding hydrogens is 253 g/mol. The van der Waals surface area contributed by atoms with E-state index in [0.29, 0.717) is 0 Å². The molecule has 0 aromatic carbocycles. The summed E-state index contributed by atoms with van der Waals surface area (Å²) in [5, 5.41) is 0. The van der Waals surface area contributed by atoms with Crippen molar-refractivity contribution in [2.24, 2.45) is 0 Å². The van der Waals surface area contributed by atoms with E-state index in [1.807, 2.05) is 0 Å². The van der Waals surface area contributed by atoms with Crippen LogP contribution in [0.25, 0.3) is 0 Å². The van der Waals surface area contributed by atoms with Gasteiger partial charge < -0.3 is 2.85 Å². The Morgan fingerprint density at radius 3 is 1.50 bits per heavy atom. The molecule has 0 radical (unpaired) electrons. The fraction of sp³-hybridized carbons (Fsp3) is 0. The topological polar surface area (TPSA) is 17.1 Å². The van der Waals surface area contributed by atoms with Crippen LogP contribution in [0.15, 0.2) is 0 Å². The van der Waals surface area contributed by atoms with Crippen LogP contribution >= 0.6 is 0 Å². The molecular formula is H2BaCrOTi. The predicted octanol–water partition coefficient (Wildman–Crippen LogP) is -0.280. The maximum atomic E-state index is 8.25. The molecule has 0 spiro atoms. The molecule has 0 unspecified atom stereocenters. The normalized spacial score (nSPS) is 0.750. The quantitative estimate of drug-likeness (QED) is 0.544. The van der Waals surface area contributed by atoms with Crippen LogP contribution in [0.5, 0.6) is 0 Å². The van der Waals surface area contributed by atoms with Gasteiger partial charge in [0.15, 0.2) is 0 Å². The van der Waals surface area contributed by atoms with Crippen LogP contribution in [0.2, 0.25) is 0 Å². The molecule has 0 aromatic heterocycles. The molecule has 0 saturated carbocycles. The summed E-state index contributed by atoms with van der Waals surface area (Å²) in [4.78, 5) is 0. The summed E-state index contributed by atoms with van der Waals surface area (Å²) in [6, 6.07) is 0. The van der Waals surface area contributed by atoms with Gasteiger partial charge in [-0.05, 0) is 0 Å². The van der Waals surface area contributed by atoms with E-state index in [0.717, 1.165) is 20.4 Å². The van der Waals surface area contributed by atoms with Crippen LogP contribution in [0, 0.1) is 0 Å². The van der Waals surface area contributed by atoms with E-state index >= 15 is 0 Å². The van der Waals surface area contributed by atoms with Crippen molar-refractivity contribution in [3.05, 3.63) is 0 Å². The zero-order valence-corrected chi connectivity index (χ0v) is 9.30. The van der Waals surface area contributed by atoms with Crippen molar-refractivity contribution < 1.29 is 43.9 Å². The number of hydrogen-bond donors (Lipinski definition) is 0. The molecule has 1 nitrogen and oxygen atoms in total. The average molecular weight is 255 g/mol. The molecule has 0 heterocycles. The molecule has 4 heavy (non-hydrogen) atoms. The minimum absolute atomic E-state index is 0. The molecule has 0 aliphatic heterocycles. The molecule has 0 aliphatic rings. The first kappa shape index (κ1) is 16.0. The van der Waals surface area contributed by atoms with Crippen molar-refractivity contribution >= 4 is 48.9 Å². The van der Waals surface area contributed by atoms with E-state index in [1.165, 1.54) is 0 Å². The fourth-order valence-corrected chi connectivity index (χ4v) is 0. The van der Waals surface area contributed by atoms with Crippen molar-refractivity contribution in [3.8, 4) is 0 Å². The Hall–Kier alpha value is 2.62. The molecule has 0 amide bonds. The summed E-state index contributed by atoms with van der Waals surface area (Å²) in [6.45, 7) is 0. The summed E-state index contributed by atoms with van der Waals surface area (Å²) in [5.74, 6) is 0. The minimum atomic E-state index is 0. The Morgan fingerprint density at radius 1 is 1.50 bits per heavy atom. The van der Waals surface area contributed by atoms with E-state index in [9.17, 15) is 0 Å². The Morgan fingerprint density at radius 2 is 1.50 bits per heavy atom. The summed E-state index contributed by atoms with van der Waals surface area (Å²) in [5.41, 5.74) is 0. The molecule has 0 atom stereocenters. The molecule has 4 heteroatoms. The van der Waals surface area contributed by atoms with Crippen molar-refractivity contribution in [2.75, 3.05) is 0 Å². The molecule has 0 bridgehead atoms. The molecule has 0 N–H and O–H groups in total. The molecule has 0 aromatic rings. The van der Waals surface area contributed by atoms with Crippen LogP contribution in [-0.2, 0) is 41.1 Å². The molecule has 0 aliphatic carbocycles. The summed E-state index contributed by atoms with van der Waals surface area (Å²) in [6.07, 6.45) is 0. The number of hydrogen-bond acceptors (Lipinski definition) is 1. The zero-order valence-electron chi connectivity index (χ0n) is 4.02. The van der Waals surface area contributed by atoms with Gasteiger partial charge in [0, 0.05) is 17.4 Å². The second-order valence-corrected chi connectivity index (χ2v) is 0. The van der Waals surface area contributed by atoms with Gasteiger partial charge in [0.1, 0.15) is 0 Å². The Labute approximate surface area is 90.8 Å². The third-order valence-electron chi connectivity index (χ3n) is 0. The van der Waals surface area contributed by atoms with Gasteiger partial charge in [-0.3, -0.25) is 0 Å². The molecule has 0 saturated heterocycles. The van der Waals surface area contributed by atoms with Crippen molar-refractivity contribution in [1.82, 2.24) is 0 Å². The van der Waals surface area contributed by atoms with Gasteiger partial charge >= 0.3 is 72.6 Å². The van der Waals surface area contributed by atoms with Gasteiger partial charge in [0.25, 0.3) is 0 Å². The van der Waals surface area contributed by atoms with E-state index in [4.69, 9.17) is 3.32 Å². The summed E-state index contributed by atoms with van der Waals surface area (Å²) < 4.78 is 8.25. The fourth-order valence-electron chi connectivity index (χ4n) is 0. The Kier molecular flexibility index (Phi) is 69.7. The molecule has 20 valence electrons. The monoisotopic (exact) mass is 256 g/mol. The van der Waals surface area contributed by atoms with Crippen LogP contribution in [0.3, 0.4) is 0 Å². The Balaban J connectivity index is -0.000000000833. The van der Waals surface area contributed by atoms with E-state index in [1.54, 1.807) is 0 Å². The van der Waals surface area contributed by atoms with Gasteiger partial charge in [-0.25, -0.2) is 0 Å². The van der Waals surface area contributed by atoms with Gasteiger partial charge in [0.05, 0.1) is 0 Å². The van der Waals surface area contributed by atoms with Gasteiger partial charge in [-0.1, -0.05) is 0 Å². The van der Waals surface area contributed by atoms with E-state index in [-0.39, 0.29) is 69.1 Å². The Bertz CT molecular complexity index is 13.5. The van der Waals surface area contributed by atoms with Crippen molar-refractivity contribution in [2.45, 2.75) is 0 Å². The van der Waals surface area contributed by atoms with Crippen LogP contribution in [0.1, 0.15) is 2.85 Å². The first-order valence-electron chi connectivity index (χ1n) is 0.204.